The van der Waals surface area contributed by atoms with Crippen LogP contribution in [-0.4, -0.2) is 30.8 Å². The smallest absolute Gasteiger partial charge is 0.0779 e. The van der Waals surface area contributed by atoms with E-state index in [1.165, 1.54) is 32.1 Å². The third-order valence-corrected chi connectivity index (χ3v) is 3.95. The Hall–Kier alpha value is -0.120. The Balaban J connectivity index is 1.58. The zero-order valence-electron chi connectivity index (χ0n) is 9.85. The lowest BCUT2D eigenvalue weighted by atomic mass is 9.75. The summed E-state index contributed by atoms with van der Waals surface area (Å²) in [5.41, 5.74) is 6.40. The third-order valence-electron chi connectivity index (χ3n) is 3.95. The van der Waals surface area contributed by atoms with Gasteiger partial charge in [-0.25, -0.2) is 0 Å². The lowest BCUT2D eigenvalue weighted by Gasteiger charge is -2.38. The summed E-state index contributed by atoms with van der Waals surface area (Å²) >= 11 is 0. The first-order valence-corrected chi connectivity index (χ1v) is 6.26. The van der Waals surface area contributed by atoms with E-state index < -0.39 is 0 Å². The van der Waals surface area contributed by atoms with E-state index >= 15 is 0 Å². The van der Waals surface area contributed by atoms with E-state index in [2.05, 4.69) is 12.2 Å². The molecule has 15 heavy (non-hydrogen) atoms. The molecule has 1 aliphatic carbocycles. The summed E-state index contributed by atoms with van der Waals surface area (Å²) in [6, 6.07) is 0. The van der Waals surface area contributed by atoms with E-state index in [0.717, 1.165) is 26.1 Å². The van der Waals surface area contributed by atoms with E-state index in [0.29, 0.717) is 0 Å². The highest BCUT2D eigenvalue weighted by Gasteiger charge is 2.32. The molecule has 1 unspecified atom stereocenters. The standard InChI is InChI=1S/C12H24N2O/c1-11(4-3-9-15-11)10-14-8-7-12(13)5-2-6-12/h14H,2-10,13H2,1H3. The van der Waals surface area contributed by atoms with Crippen molar-refractivity contribution in [1.29, 1.82) is 0 Å². The minimum atomic E-state index is 0.0847. The maximum absolute atomic E-state index is 6.16. The molecule has 2 aliphatic rings. The fourth-order valence-electron chi connectivity index (χ4n) is 2.55. The monoisotopic (exact) mass is 212 g/mol. The summed E-state index contributed by atoms with van der Waals surface area (Å²) in [5.74, 6) is 0. The summed E-state index contributed by atoms with van der Waals surface area (Å²) in [5, 5.41) is 3.49. The van der Waals surface area contributed by atoms with Gasteiger partial charge in [0.1, 0.15) is 0 Å². The van der Waals surface area contributed by atoms with Crippen LogP contribution in [0.2, 0.25) is 0 Å². The fourth-order valence-corrected chi connectivity index (χ4v) is 2.55. The van der Waals surface area contributed by atoms with E-state index in [1.54, 1.807) is 0 Å². The maximum atomic E-state index is 6.16. The highest BCUT2D eigenvalue weighted by molar-refractivity contribution is 4.93. The first-order chi connectivity index (χ1) is 7.12. The molecule has 3 N–H and O–H groups in total. The van der Waals surface area contributed by atoms with Gasteiger partial charge < -0.3 is 15.8 Å². The number of nitrogens with two attached hydrogens (primary N) is 1. The van der Waals surface area contributed by atoms with Gasteiger partial charge in [-0.05, 0) is 52.0 Å². The highest BCUT2D eigenvalue weighted by atomic mass is 16.5. The molecule has 1 atom stereocenters. The molecular formula is C12H24N2O. The van der Waals surface area contributed by atoms with Gasteiger partial charge in [0.2, 0.25) is 0 Å². The Morgan fingerprint density at radius 2 is 2.07 bits per heavy atom. The number of hydrogen-bond donors (Lipinski definition) is 2. The Kier molecular flexibility index (Phi) is 3.33. The van der Waals surface area contributed by atoms with Crippen molar-refractivity contribution in [2.45, 2.75) is 56.6 Å². The molecule has 1 aliphatic heterocycles. The fraction of sp³-hybridized carbons (Fsp3) is 1.00. The molecular weight excluding hydrogens is 188 g/mol. The van der Waals surface area contributed by atoms with Crippen LogP contribution >= 0.6 is 0 Å². The largest absolute Gasteiger partial charge is 0.374 e. The molecule has 0 aromatic carbocycles. The molecule has 0 spiro atoms. The highest BCUT2D eigenvalue weighted by Crippen LogP contribution is 2.31. The van der Waals surface area contributed by atoms with Crippen molar-refractivity contribution in [3.05, 3.63) is 0 Å². The van der Waals surface area contributed by atoms with Gasteiger partial charge in [-0.2, -0.15) is 0 Å². The second-order valence-electron chi connectivity index (χ2n) is 5.54. The first kappa shape index (κ1) is 11.4. The van der Waals surface area contributed by atoms with Crippen molar-refractivity contribution < 1.29 is 4.74 Å². The lowest BCUT2D eigenvalue weighted by molar-refractivity contribution is 0.0204. The Morgan fingerprint density at radius 1 is 1.27 bits per heavy atom. The maximum Gasteiger partial charge on any atom is 0.0779 e. The van der Waals surface area contributed by atoms with Crippen LogP contribution in [0, 0.1) is 0 Å². The second-order valence-corrected chi connectivity index (χ2v) is 5.54. The van der Waals surface area contributed by atoms with Crippen molar-refractivity contribution in [2.24, 2.45) is 5.73 Å². The van der Waals surface area contributed by atoms with Crippen molar-refractivity contribution in [1.82, 2.24) is 5.32 Å². The lowest BCUT2D eigenvalue weighted by Crippen LogP contribution is -2.49. The summed E-state index contributed by atoms with van der Waals surface area (Å²) in [6.07, 6.45) is 7.25. The normalized spacial score (nSPS) is 34.0. The Labute approximate surface area is 92.7 Å². The van der Waals surface area contributed by atoms with E-state index in [9.17, 15) is 0 Å². The predicted octanol–water partition coefficient (Wildman–Crippen LogP) is 1.42. The van der Waals surface area contributed by atoms with Gasteiger partial charge in [0.15, 0.2) is 0 Å². The molecule has 0 aromatic rings. The average molecular weight is 212 g/mol. The number of ether oxygens (including phenoxy) is 1. The second kappa shape index (κ2) is 4.40. The molecule has 1 saturated carbocycles. The summed E-state index contributed by atoms with van der Waals surface area (Å²) in [7, 11) is 0. The minimum absolute atomic E-state index is 0.0847. The Bertz CT molecular complexity index is 208. The molecule has 2 rings (SSSR count). The predicted molar refractivity (Wildman–Crippen MR) is 61.8 cm³/mol. The molecule has 3 nitrogen and oxygen atoms in total. The topological polar surface area (TPSA) is 47.3 Å². The zero-order valence-corrected chi connectivity index (χ0v) is 9.85. The number of hydrogen-bond acceptors (Lipinski definition) is 3. The molecule has 88 valence electrons. The average Bonchev–Trinajstić information content (AvgIpc) is 2.58. The summed E-state index contributed by atoms with van der Waals surface area (Å²) in [4.78, 5) is 0. The van der Waals surface area contributed by atoms with Crippen LogP contribution in [0.3, 0.4) is 0 Å². The van der Waals surface area contributed by atoms with Crippen molar-refractivity contribution in [2.75, 3.05) is 19.7 Å². The molecule has 2 fully saturated rings. The summed E-state index contributed by atoms with van der Waals surface area (Å²) in [6.45, 7) is 5.14. The van der Waals surface area contributed by atoms with Crippen LogP contribution in [0.4, 0.5) is 0 Å². The van der Waals surface area contributed by atoms with Crippen LogP contribution in [0.15, 0.2) is 0 Å². The van der Waals surface area contributed by atoms with Gasteiger partial charge in [-0.15, -0.1) is 0 Å². The van der Waals surface area contributed by atoms with Crippen molar-refractivity contribution in [3.63, 3.8) is 0 Å². The number of nitrogens with one attached hydrogen (secondary N) is 1. The van der Waals surface area contributed by atoms with Crippen LogP contribution in [-0.2, 0) is 4.74 Å². The third kappa shape index (κ3) is 2.92. The Morgan fingerprint density at radius 3 is 2.60 bits per heavy atom. The molecule has 0 amide bonds. The molecule has 1 heterocycles. The van der Waals surface area contributed by atoms with Gasteiger partial charge in [-0.1, -0.05) is 0 Å². The molecule has 0 radical (unpaired) electrons. The zero-order chi connectivity index (χ0) is 10.8. The van der Waals surface area contributed by atoms with Gasteiger partial charge >= 0.3 is 0 Å². The van der Waals surface area contributed by atoms with Crippen molar-refractivity contribution in [3.8, 4) is 0 Å². The van der Waals surface area contributed by atoms with E-state index in [1.807, 2.05) is 0 Å². The van der Waals surface area contributed by atoms with Crippen LogP contribution in [0.25, 0.3) is 0 Å². The van der Waals surface area contributed by atoms with Crippen molar-refractivity contribution >= 4 is 0 Å². The van der Waals surface area contributed by atoms with Gasteiger partial charge in [0, 0.05) is 18.7 Å². The number of rotatable bonds is 5. The van der Waals surface area contributed by atoms with Gasteiger partial charge in [0.05, 0.1) is 5.60 Å². The van der Waals surface area contributed by atoms with Crippen LogP contribution in [0.1, 0.15) is 45.4 Å². The molecule has 0 aromatic heterocycles. The quantitative estimate of drug-likeness (QED) is 0.678. The summed E-state index contributed by atoms with van der Waals surface area (Å²) < 4.78 is 5.72. The van der Waals surface area contributed by atoms with Crippen LogP contribution < -0.4 is 11.1 Å². The van der Waals surface area contributed by atoms with Crippen LogP contribution in [0.5, 0.6) is 0 Å². The SMILES string of the molecule is CC1(CNCCC2(N)CCC2)CCCO1. The minimum Gasteiger partial charge on any atom is -0.374 e. The molecule has 3 heteroatoms. The van der Waals surface area contributed by atoms with E-state index in [-0.39, 0.29) is 11.1 Å². The van der Waals surface area contributed by atoms with E-state index in [4.69, 9.17) is 10.5 Å². The van der Waals surface area contributed by atoms with Gasteiger partial charge in [0.25, 0.3) is 0 Å². The van der Waals surface area contributed by atoms with Gasteiger partial charge in [-0.3, -0.25) is 0 Å². The first-order valence-electron chi connectivity index (χ1n) is 6.26. The molecule has 1 saturated heterocycles. The molecule has 0 bridgehead atoms.